The number of hydrogen-bond donors (Lipinski definition) is 1. The Hall–Kier alpha value is -1.69. The molecule has 0 saturated heterocycles. The van der Waals surface area contributed by atoms with Gasteiger partial charge in [-0.05, 0) is 46.5 Å². The maximum absolute atomic E-state index is 11.2. The zero-order chi connectivity index (χ0) is 14.2. The molecule has 0 fully saturated rings. The average Bonchev–Trinajstić information content (AvgIpc) is 2.67. The first-order valence-electron chi connectivity index (χ1n) is 5.86. The predicted molar refractivity (Wildman–Crippen MR) is 74.8 cm³/mol. The fourth-order valence-electron chi connectivity index (χ4n) is 1.86. The number of carboxylic acids is 1. The fraction of sp³-hybridized carbons (Fsp3) is 0.308. The number of aromatic carboxylic acids is 1. The van der Waals surface area contributed by atoms with Crippen LogP contribution in [0.25, 0.3) is 5.82 Å². The number of nitrogens with zero attached hydrogens (tertiary/aromatic N) is 3. The van der Waals surface area contributed by atoms with Gasteiger partial charge in [0.25, 0.3) is 0 Å². The molecule has 1 N–H and O–H groups in total. The molecule has 0 unspecified atom stereocenters. The molecular formula is C13H14BrN3O2. The van der Waals surface area contributed by atoms with Crippen molar-refractivity contribution in [1.82, 2.24) is 14.8 Å². The largest absolute Gasteiger partial charge is 0.476 e. The Morgan fingerprint density at radius 1 is 1.47 bits per heavy atom. The lowest BCUT2D eigenvalue weighted by Gasteiger charge is -2.10. The molecule has 0 aliphatic heterocycles. The molecule has 5 nitrogen and oxygen atoms in total. The molecule has 0 bridgehead atoms. The minimum atomic E-state index is -1.06. The van der Waals surface area contributed by atoms with Crippen molar-refractivity contribution < 1.29 is 9.90 Å². The second-order valence-electron chi connectivity index (χ2n) is 4.61. The standard InChI is InChI=1S/C13H14BrN3O2/c1-7(2)12-10(14)11(13(18)19)16-17(12)9-6-8(3)4-5-15-9/h4-7H,1-3H3,(H,18,19). The minimum Gasteiger partial charge on any atom is -0.476 e. The molecular weight excluding hydrogens is 310 g/mol. The van der Waals surface area contributed by atoms with Gasteiger partial charge in [0.1, 0.15) is 0 Å². The number of carbonyl (C=O) groups is 1. The molecule has 0 spiro atoms. The highest BCUT2D eigenvalue weighted by Crippen LogP contribution is 2.30. The Bertz CT molecular complexity index is 635. The summed E-state index contributed by atoms with van der Waals surface area (Å²) >= 11 is 3.33. The van der Waals surface area contributed by atoms with E-state index < -0.39 is 5.97 Å². The van der Waals surface area contributed by atoms with Gasteiger partial charge in [-0.2, -0.15) is 5.10 Å². The fourth-order valence-corrected chi connectivity index (χ4v) is 2.73. The zero-order valence-electron chi connectivity index (χ0n) is 10.9. The lowest BCUT2D eigenvalue weighted by Crippen LogP contribution is -2.06. The van der Waals surface area contributed by atoms with Crippen LogP contribution in [0.5, 0.6) is 0 Å². The normalized spacial score (nSPS) is 11.0. The Balaban J connectivity index is 2.69. The number of pyridine rings is 1. The van der Waals surface area contributed by atoms with E-state index in [1.807, 2.05) is 32.9 Å². The lowest BCUT2D eigenvalue weighted by molar-refractivity contribution is 0.0689. The maximum atomic E-state index is 11.2. The molecule has 2 rings (SSSR count). The molecule has 100 valence electrons. The number of aromatic nitrogens is 3. The summed E-state index contributed by atoms with van der Waals surface area (Å²) in [5, 5.41) is 13.3. The number of hydrogen-bond acceptors (Lipinski definition) is 3. The lowest BCUT2D eigenvalue weighted by atomic mass is 10.1. The molecule has 0 amide bonds. The van der Waals surface area contributed by atoms with Gasteiger partial charge in [-0.25, -0.2) is 14.5 Å². The van der Waals surface area contributed by atoms with Crippen molar-refractivity contribution in [3.63, 3.8) is 0 Å². The summed E-state index contributed by atoms with van der Waals surface area (Å²) in [7, 11) is 0. The van der Waals surface area contributed by atoms with Crippen LogP contribution in [0.15, 0.2) is 22.8 Å². The van der Waals surface area contributed by atoms with E-state index in [9.17, 15) is 4.79 Å². The van der Waals surface area contributed by atoms with Crippen LogP contribution in [0, 0.1) is 6.92 Å². The maximum Gasteiger partial charge on any atom is 0.357 e. The van der Waals surface area contributed by atoms with Crippen molar-refractivity contribution in [2.45, 2.75) is 26.7 Å². The first kappa shape index (κ1) is 13.7. The van der Waals surface area contributed by atoms with Crippen LogP contribution in [0.2, 0.25) is 0 Å². The van der Waals surface area contributed by atoms with E-state index in [0.717, 1.165) is 11.3 Å². The van der Waals surface area contributed by atoms with Crippen LogP contribution in [0.1, 0.15) is 41.5 Å². The van der Waals surface area contributed by atoms with Gasteiger partial charge in [-0.3, -0.25) is 0 Å². The second-order valence-corrected chi connectivity index (χ2v) is 5.40. The third-order valence-corrected chi connectivity index (χ3v) is 3.51. The van der Waals surface area contributed by atoms with E-state index in [0.29, 0.717) is 10.3 Å². The van der Waals surface area contributed by atoms with E-state index in [4.69, 9.17) is 5.11 Å². The summed E-state index contributed by atoms with van der Waals surface area (Å²) in [5.41, 5.74) is 1.85. The molecule has 0 radical (unpaired) electrons. The summed E-state index contributed by atoms with van der Waals surface area (Å²) in [6, 6.07) is 3.76. The second kappa shape index (κ2) is 5.13. The van der Waals surface area contributed by atoms with Crippen molar-refractivity contribution in [3.8, 4) is 5.82 Å². The molecule has 0 aliphatic carbocycles. The Morgan fingerprint density at radius 2 is 2.16 bits per heavy atom. The number of halogens is 1. The molecule has 0 atom stereocenters. The first-order valence-corrected chi connectivity index (χ1v) is 6.66. The number of aryl methyl sites for hydroxylation is 1. The topological polar surface area (TPSA) is 68.0 Å². The van der Waals surface area contributed by atoms with Crippen LogP contribution in [-0.4, -0.2) is 25.8 Å². The van der Waals surface area contributed by atoms with Crippen molar-refractivity contribution >= 4 is 21.9 Å². The Morgan fingerprint density at radius 3 is 2.68 bits per heavy atom. The number of carboxylic acid groups (broad SMARTS) is 1. The molecule has 0 aliphatic rings. The van der Waals surface area contributed by atoms with E-state index in [2.05, 4.69) is 26.0 Å². The molecule has 6 heteroatoms. The van der Waals surface area contributed by atoms with Crippen LogP contribution in [0.4, 0.5) is 0 Å². The minimum absolute atomic E-state index is 0.00649. The Labute approximate surface area is 119 Å². The van der Waals surface area contributed by atoms with Crippen molar-refractivity contribution in [2.24, 2.45) is 0 Å². The third kappa shape index (κ3) is 2.53. The van der Waals surface area contributed by atoms with Crippen LogP contribution in [-0.2, 0) is 0 Å². The summed E-state index contributed by atoms with van der Waals surface area (Å²) < 4.78 is 2.10. The molecule has 2 heterocycles. The van der Waals surface area contributed by atoms with E-state index >= 15 is 0 Å². The number of rotatable bonds is 3. The van der Waals surface area contributed by atoms with Gasteiger partial charge < -0.3 is 5.11 Å². The van der Waals surface area contributed by atoms with E-state index in [1.54, 1.807) is 10.9 Å². The summed E-state index contributed by atoms with van der Waals surface area (Å²) in [6.45, 7) is 5.93. The van der Waals surface area contributed by atoms with Gasteiger partial charge >= 0.3 is 5.97 Å². The quantitative estimate of drug-likeness (QED) is 0.942. The molecule has 19 heavy (non-hydrogen) atoms. The van der Waals surface area contributed by atoms with E-state index in [-0.39, 0.29) is 11.6 Å². The summed E-state index contributed by atoms with van der Waals surface area (Å²) in [4.78, 5) is 15.4. The zero-order valence-corrected chi connectivity index (χ0v) is 12.5. The highest BCUT2D eigenvalue weighted by atomic mass is 79.9. The van der Waals surface area contributed by atoms with Crippen molar-refractivity contribution in [2.75, 3.05) is 0 Å². The van der Waals surface area contributed by atoms with Crippen LogP contribution in [0.3, 0.4) is 0 Å². The average molecular weight is 324 g/mol. The van der Waals surface area contributed by atoms with Gasteiger partial charge in [0.05, 0.1) is 10.2 Å². The van der Waals surface area contributed by atoms with Gasteiger partial charge in [-0.1, -0.05) is 13.8 Å². The van der Waals surface area contributed by atoms with Crippen LogP contribution >= 0.6 is 15.9 Å². The SMILES string of the molecule is Cc1ccnc(-n2nc(C(=O)O)c(Br)c2C(C)C)c1. The van der Waals surface area contributed by atoms with Crippen molar-refractivity contribution in [1.29, 1.82) is 0 Å². The Kier molecular flexibility index (Phi) is 3.71. The smallest absolute Gasteiger partial charge is 0.357 e. The van der Waals surface area contributed by atoms with E-state index in [1.165, 1.54) is 0 Å². The van der Waals surface area contributed by atoms with Crippen LogP contribution < -0.4 is 0 Å². The van der Waals surface area contributed by atoms with Gasteiger partial charge in [0, 0.05) is 6.20 Å². The summed E-state index contributed by atoms with van der Waals surface area (Å²) in [5.74, 6) is -0.311. The predicted octanol–water partition coefficient (Wildman–Crippen LogP) is 3.16. The highest BCUT2D eigenvalue weighted by molar-refractivity contribution is 9.10. The summed E-state index contributed by atoms with van der Waals surface area (Å²) in [6.07, 6.45) is 1.69. The first-order chi connectivity index (χ1) is 8.91. The third-order valence-electron chi connectivity index (χ3n) is 2.73. The van der Waals surface area contributed by atoms with Gasteiger partial charge in [0.15, 0.2) is 11.5 Å². The molecule has 2 aromatic rings. The van der Waals surface area contributed by atoms with Gasteiger partial charge in [0.2, 0.25) is 0 Å². The molecule has 0 saturated carbocycles. The highest BCUT2D eigenvalue weighted by Gasteiger charge is 2.23. The van der Waals surface area contributed by atoms with Gasteiger partial charge in [-0.15, -0.1) is 0 Å². The molecule has 2 aromatic heterocycles. The molecule has 0 aromatic carbocycles. The monoisotopic (exact) mass is 323 g/mol. The van der Waals surface area contributed by atoms with Crippen molar-refractivity contribution in [3.05, 3.63) is 39.8 Å².